The van der Waals surface area contributed by atoms with E-state index in [0.717, 1.165) is 0 Å². The summed E-state index contributed by atoms with van der Waals surface area (Å²) in [5, 5.41) is 0. The summed E-state index contributed by atoms with van der Waals surface area (Å²) in [6, 6.07) is 1.71. The van der Waals surface area contributed by atoms with Crippen LogP contribution in [0.15, 0.2) is 12.3 Å². The van der Waals surface area contributed by atoms with Crippen LogP contribution in [0.5, 0.6) is 0 Å². The fourth-order valence-corrected chi connectivity index (χ4v) is 3.08. The van der Waals surface area contributed by atoms with E-state index in [1.165, 1.54) is 4.90 Å². The van der Waals surface area contributed by atoms with Gasteiger partial charge in [-0.2, -0.15) is 0 Å². The summed E-state index contributed by atoms with van der Waals surface area (Å²) in [4.78, 5) is 18.6. The number of likely N-dealkylation sites (tertiary alicyclic amines) is 1. The van der Waals surface area contributed by atoms with E-state index in [4.69, 9.17) is 9.31 Å². The Balaban J connectivity index is 1.82. The zero-order valence-electron chi connectivity index (χ0n) is 15.9. The Bertz CT molecular complexity index is 698. The lowest BCUT2D eigenvalue weighted by Gasteiger charge is -2.32. The van der Waals surface area contributed by atoms with Crippen LogP contribution in [-0.2, 0) is 9.31 Å². The summed E-state index contributed by atoms with van der Waals surface area (Å²) in [5.74, 6) is -2.96. The molecule has 3 rings (SSSR count). The molecule has 0 aliphatic carbocycles. The van der Waals surface area contributed by atoms with E-state index in [2.05, 4.69) is 4.98 Å². The number of piperidine rings is 1. The number of rotatable bonds is 2. The van der Waals surface area contributed by atoms with Crippen molar-refractivity contribution in [3.63, 3.8) is 0 Å². The van der Waals surface area contributed by atoms with Crippen LogP contribution >= 0.6 is 0 Å². The fourth-order valence-electron chi connectivity index (χ4n) is 3.08. The van der Waals surface area contributed by atoms with Gasteiger partial charge in [0.05, 0.1) is 16.8 Å². The number of hydrogen-bond acceptors (Lipinski definition) is 4. The molecule has 0 atom stereocenters. The van der Waals surface area contributed by atoms with E-state index in [1.807, 2.05) is 27.7 Å². The molecule has 0 bridgehead atoms. The van der Waals surface area contributed by atoms with Crippen molar-refractivity contribution in [3.05, 3.63) is 23.5 Å². The zero-order valence-corrected chi connectivity index (χ0v) is 15.9. The second kappa shape index (κ2) is 6.27. The van der Waals surface area contributed by atoms with Gasteiger partial charge >= 0.3 is 7.12 Å². The molecule has 142 valence electrons. The monoisotopic (exact) mass is 366 g/mol. The first-order valence-electron chi connectivity index (χ1n) is 8.91. The minimum Gasteiger partial charge on any atom is -0.399 e. The van der Waals surface area contributed by atoms with Crippen LogP contribution in [0, 0.1) is 6.92 Å². The maximum Gasteiger partial charge on any atom is 0.496 e. The molecule has 2 fully saturated rings. The third-order valence-electron chi connectivity index (χ3n) is 5.65. The molecule has 2 saturated heterocycles. The van der Waals surface area contributed by atoms with Gasteiger partial charge in [-0.3, -0.25) is 9.78 Å². The molecule has 0 saturated carbocycles. The molecule has 1 amide bonds. The van der Waals surface area contributed by atoms with Crippen molar-refractivity contribution in [1.82, 2.24) is 9.88 Å². The van der Waals surface area contributed by atoms with E-state index in [9.17, 15) is 13.6 Å². The van der Waals surface area contributed by atoms with Gasteiger partial charge in [0.25, 0.3) is 11.8 Å². The lowest BCUT2D eigenvalue weighted by atomic mass is 9.79. The lowest BCUT2D eigenvalue weighted by molar-refractivity contribution is -0.0494. The van der Waals surface area contributed by atoms with Crippen LogP contribution in [0.2, 0.25) is 0 Å². The van der Waals surface area contributed by atoms with Gasteiger partial charge < -0.3 is 14.2 Å². The second-order valence-corrected chi connectivity index (χ2v) is 8.14. The summed E-state index contributed by atoms with van der Waals surface area (Å²) in [6.07, 6.45) is 1.03. The van der Waals surface area contributed by atoms with Crippen LogP contribution in [0.4, 0.5) is 8.78 Å². The van der Waals surface area contributed by atoms with Crippen molar-refractivity contribution in [1.29, 1.82) is 0 Å². The average Bonchev–Trinajstić information content (AvgIpc) is 2.75. The highest BCUT2D eigenvalue weighted by molar-refractivity contribution is 6.62. The molecule has 2 aliphatic heterocycles. The van der Waals surface area contributed by atoms with Crippen molar-refractivity contribution >= 4 is 18.5 Å². The van der Waals surface area contributed by atoms with Gasteiger partial charge in [-0.05, 0) is 40.7 Å². The fraction of sp³-hybridized carbons (Fsp3) is 0.667. The highest BCUT2D eigenvalue weighted by Gasteiger charge is 2.52. The summed E-state index contributed by atoms with van der Waals surface area (Å²) in [5.41, 5.74) is 0.631. The number of aromatic nitrogens is 1. The van der Waals surface area contributed by atoms with Gasteiger partial charge in [0.1, 0.15) is 0 Å². The SMILES string of the molecule is Cc1ncc(B2OC(C)(C)C(C)(C)O2)cc1C(=O)N1CCC(F)(F)CC1. The highest BCUT2D eigenvalue weighted by atomic mass is 19.3. The van der Waals surface area contributed by atoms with Crippen LogP contribution < -0.4 is 5.46 Å². The molecule has 1 aromatic rings. The molecule has 0 N–H and O–H groups in total. The number of halogens is 2. The number of nitrogens with zero attached hydrogens (tertiary/aromatic N) is 2. The molecule has 2 aliphatic rings. The van der Waals surface area contributed by atoms with Gasteiger partial charge in [0, 0.05) is 43.3 Å². The van der Waals surface area contributed by atoms with Crippen molar-refractivity contribution in [2.45, 2.75) is 64.6 Å². The van der Waals surface area contributed by atoms with Crippen LogP contribution in [0.25, 0.3) is 0 Å². The van der Waals surface area contributed by atoms with Gasteiger partial charge in [-0.1, -0.05) is 0 Å². The molecule has 8 heteroatoms. The van der Waals surface area contributed by atoms with Crippen molar-refractivity contribution in [3.8, 4) is 0 Å². The number of carbonyl (C=O) groups is 1. The number of hydrogen-bond donors (Lipinski definition) is 0. The Kier molecular flexibility index (Phi) is 4.64. The topological polar surface area (TPSA) is 51.7 Å². The van der Waals surface area contributed by atoms with Gasteiger partial charge in [0.2, 0.25) is 0 Å². The third kappa shape index (κ3) is 3.49. The first kappa shape index (κ1) is 19.2. The molecule has 1 aromatic heterocycles. The first-order valence-corrected chi connectivity index (χ1v) is 8.91. The molecule has 0 spiro atoms. The Hall–Kier alpha value is -1.54. The summed E-state index contributed by atoms with van der Waals surface area (Å²) < 4.78 is 38.7. The maximum atomic E-state index is 13.4. The molecular weight excluding hydrogens is 341 g/mol. The van der Waals surface area contributed by atoms with Crippen molar-refractivity contribution in [2.24, 2.45) is 0 Å². The summed E-state index contributed by atoms with van der Waals surface area (Å²) >= 11 is 0. The molecule has 0 radical (unpaired) electrons. The van der Waals surface area contributed by atoms with Crippen LogP contribution in [0.3, 0.4) is 0 Å². The van der Waals surface area contributed by atoms with Gasteiger partial charge in [0.15, 0.2) is 0 Å². The standard InChI is InChI=1S/C18H25BF2N2O3/c1-12-14(15(24)23-8-6-18(20,21)7-9-23)10-13(11-22-12)19-25-16(2,3)17(4,5)26-19/h10-11H,6-9H2,1-5H3. The molecule has 26 heavy (non-hydrogen) atoms. The maximum absolute atomic E-state index is 13.4. The predicted molar refractivity (Wildman–Crippen MR) is 94.8 cm³/mol. The molecule has 3 heterocycles. The predicted octanol–water partition coefficient (Wildman–Crippen LogP) is 2.56. The highest BCUT2D eigenvalue weighted by Crippen LogP contribution is 2.36. The van der Waals surface area contributed by atoms with Gasteiger partial charge in [-0.25, -0.2) is 8.78 Å². The molecular formula is C18H25BF2N2O3. The average molecular weight is 366 g/mol. The van der Waals surface area contributed by atoms with E-state index in [1.54, 1.807) is 19.2 Å². The largest absolute Gasteiger partial charge is 0.496 e. The summed E-state index contributed by atoms with van der Waals surface area (Å²) in [6.45, 7) is 9.64. The minimum absolute atomic E-state index is 0.0476. The number of pyridine rings is 1. The molecule has 0 aromatic carbocycles. The first-order chi connectivity index (χ1) is 11.9. The number of alkyl halides is 2. The molecule has 0 unspecified atom stereocenters. The summed E-state index contributed by atoms with van der Waals surface area (Å²) in [7, 11) is -0.620. The Morgan fingerprint density at radius 1 is 1.15 bits per heavy atom. The smallest absolute Gasteiger partial charge is 0.399 e. The van der Waals surface area contributed by atoms with Gasteiger partial charge in [-0.15, -0.1) is 0 Å². The number of carbonyl (C=O) groups excluding carboxylic acids is 1. The van der Waals surface area contributed by atoms with Crippen LogP contribution in [-0.4, -0.2) is 53.1 Å². The number of aryl methyl sites for hydroxylation is 1. The zero-order chi connectivity index (χ0) is 19.3. The quantitative estimate of drug-likeness (QED) is 0.755. The van der Waals surface area contributed by atoms with Crippen molar-refractivity contribution < 1.29 is 22.9 Å². The van der Waals surface area contributed by atoms with E-state index < -0.39 is 24.2 Å². The van der Waals surface area contributed by atoms with Crippen LogP contribution in [0.1, 0.15) is 56.6 Å². The Morgan fingerprint density at radius 2 is 1.69 bits per heavy atom. The third-order valence-corrected chi connectivity index (χ3v) is 5.65. The normalized spacial score (nSPS) is 24.0. The Labute approximate surface area is 153 Å². The minimum atomic E-state index is -2.69. The second-order valence-electron chi connectivity index (χ2n) is 8.14. The molecule has 5 nitrogen and oxygen atoms in total. The number of amides is 1. The van der Waals surface area contributed by atoms with E-state index >= 15 is 0 Å². The lowest BCUT2D eigenvalue weighted by Crippen LogP contribution is -2.43. The van der Waals surface area contributed by atoms with E-state index in [-0.39, 0.29) is 31.8 Å². The van der Waals surface area contributed by atoms with Crippen molar-refractivity contribution in [2.75, 3.05) is 13.1 Å². The Morgan fingerprint density at radius 3 is 2.23 bits per heavy atom. The van der Waals surface area contributed by atoms with E-state index in [0.29, 0.717) is 16.7 Å².